The van der Waals surface area contributed by atoms with Gasteiger partial charge in [0.25, 0.3) is 0 Å². The molecular weight excluding hydrogens is 167 g/mol. The number of nitrogens with zero attached hydrogens (tertiary/aromatic N) is 2. The van der Waals surface area contributed by atoms with Crippen LogP contribution in [0, 0.1) is 5.82 Å². The lowest BCUT2D eigenvalue weighted by Crippen LogP contribution is -1.88. The highest BCUT2D eigenvalue weighted by molar-refractivity contribution is 5.53. The summed E-state index contributed by atoms with van der Waals surface area (Å²) in [7, 11) is 0. The van der Waals surface area contributed by atoms with Gasteiger partial charge in [-0.3, -0.25) is 0 Å². The van der Waals surface area contributed by atoms with Crippen molar-refractivity contribution in [2.24, 2.45) is 0 Å². The first-order chi connectivity index (χ1) is 6.36. The van der Waals surface area contributed by atoms with E-state index in [-0.39, 0.29) is 0 Å². The fourth-order valence-electron chi connectivity index (χ4n) is 1.05. The van der Waals surface area contributed by atoms with Crippen molar-refractivity contribution in [3.05, 3.63) is 48.5 Å². The Kier molecular flexibility index (Phi) is 2.00. The molecule has 0 aliphatic heterocycles. The Morgan fingerprint density at radius 1 is 0.923 bits per heavy atom. The molecule has 0 fully saturated rings. The monoisotopic (exact) mass is 174 g/mol. The highest BCUT2D eigenvalue weighted by Gasteiger charge is 1.98. The van der Waals surface area contributed by atoms with Crippen molar-refractivity contribution < 1.29 is 4.39 Å². The third-order valence-corrected chi connectivity index (χ3v) is 1.65. The van der Waals surface area contributed by atoms with Crippen molar-refractivity contribution in [3.8, 4) is 11.4 Å². The van der Waals surface area contributed by atoms with Gasteiger partial charge < -0.3 is 0 Å². The number of hydrogen-bond acceptors (Lipinski definition) is 2. The van der Waals surface area contributed by atoms with Gasteiger partial charge in [-0.2, -0.15) is 0 Å². The summed E-state index contributed by atoms with van der Waals surface area (Å²) in [6, 6.07) is 9.46. The summed E-state index contributed by atoms with van der Waals surface area (Å²) in [4.78, 5) is 7.72. The molecule has 0 aliphatic rings. The Hall–Kier alpha value is -1.77. The molecule has 0 saturated heterocycles. The summed E-state index contributed by atoms with van der Waals surface area (Å²) >= 11 is 0. The molecule has 0 aliphatic carbocycles. The normalized spacial score (nSPS) is 9.92. The van der Waals surface area contributed by atoms with E-state index in [1.807, 2.05) is 30.3 Å². The van der Waals surface area contributed by atoms with Gasteiger partial charge in [0.15, 0.2) is 11.6 Å². The maximum Gasteiger partial charge on any atom is 0.159 e. The van der Waals surface area contributed by atoms with Crippen molar-refractivity contribution in [2.45, 2.75) is 0 Å². The second kappa shape index (κ2) is 3.31. The number of rotatable bonds is 1. The van der Waals surface area contributed by atoms with E-state index in [1.54, 1.807) is 0 Å². The highest BCUT2D eigenvalue weighted by atomic mass is 19.1. The largest absolute Gasteiger partial charge is 0.233 e. The molecule has 2 aromatic rings. The molecule has 0 spiro atoms. The molecule has 1 aromatic carbocycles. The lowest BCUT2D eigenvalue weighted by molar-refractivity contribution is 0.614. The molecule has 0 saturated carbocycles. The average molecular weight is 174 g/mol. The van der Waals surface area contributed by atoms with Crippen LogP contribution < -0.4 is 0 Å². The van der Waals surface area contributed by atoms with Crippen LogP contribution in [0.1, 0.15) is 0 Å². The summed E-state index contributed by atoms with van der Waals surface area (Å²) in [6.07, 6.45) is 2.32. The number of aromatic nitrogens is 2. The molecule has 0 N–H and O–H groups in total. The van der Waals surface area contributed by atoms with Crippen LogP contribution >= 0.6 is 0 Å². The first kappa shape index (κ1) is 7.86. The van der Waals surface area contributed by atoms with Crippen LogP contribution in [0.4, 0.5) is 4.39 Å². The van der Waals surface area contributed by atoms with Crippen molar-refractivity contribution in [2.75, 3.05) is 0 Å². The molecule has 0 radical (unpaired) electrons. The van der Waals surface area contributed by atoms with E-state index in [4.69, 9.17) is 0 Å². The molecule has 13 heavy (non-hydrogen) atoms. The number of hydrogen-bond donors (Lipinski definition) is 0. The lowest BCUT2D eigenvalue weighted by atomic mass is 10.2. The van der Waals surface area contributed by atoms with Gasteiger partial charge in [0.05, 0.1) is 12.4 Å². The summed E-state index contributed by atoms with van der Waals surface area (Å²) in [6.45, 7) is 0. The van der Waals surface area contributed by atoms with E-state index in [9.17, 15) is 4.39 Å². The first-order valence-electron chi connectivity index (χ1n) is 3.89. The van der Waals surface area contributed by atoms with E-state index >= 15 is 0 Å². The SMILES string of the molecule is Fc1cnc(-c2ccccc2)nc1. The van der Waals surface area contributed by atoms with Crippen LogP contribution in [0.5, 0.6) is 0 Å². The molecule has 0 amide bonds. The van der Waals surface area contributed by atoms with Crippen molar-refractivity contribution in [1.29, 1.82) is 0 Å². The minimum atomic E-state index is -0.417. The molecule has 64 valence electrons. The van der Waals surface area contributed by atoms with Gasteiger partial charge in [-0.15, -0.1) is 0 Å². The molecule has 0 bridgehead atoms. The van der Waals surface area contributed by atoms with Gasteiger partial charge in [0.2, 0.25) is 0 Å². The van der Waals surface area contributed by atoms with E-state index in [0.717, 1.165) is 18.0 Å². The van der Waals surface area contributed by atoms with Crippen LogP contribution in [-0.2, 0) is 0 Å². The standard InChI is InChI=1S/C10H7FN2/c11-9-6-12-10(13-7-9)8-4-2-1-3-5-8/h1-7H. The molecule has 3 heteroatoms. The van der Waals surface area contributed by atoms with Gasteiger partial charge >= 0.3 is 0 Å². The zero-order valence-corrected chi connectivity index (χ0v) is 6.81. The smallest absolute Gasteiger partial charge is 0.159 e. The maximum absolute atomic E-state index is 12.5. The van der Waals surface area contributed by atoms with E-state index in [2.05, 4.69) is 9.97 Å². The van der Waals surface area contributed by atoms with Gasteiger partial charge in [0.1, 0.15) is 0 Å². The summed E-state index contributed by atoms with van der Waals surface area (Å²) < 4.78 is 12.5. The minimum absolute atomic E-state index is 0.417. The predicted octanol–water partition coefficient (Wildman–Crippen LogP) is 2.28. The third kappa shape index (κ3) is 1.69. The molecule has 0 atom stereocenters. The van der Waals surface area contributed by atoms with E-state index in [0.29, 0.717) is 5.82 Å². The van der Waals surface area contributed by atoms with Crippen LogP contribution in [0.15, 0.2) is 42.7 Å². The van der Waals surface area contributed by atoms with Crippen LogP contribution in [0.25, 0.3) is 11.4 Å². The molecule has 1 heterocycles. The van der Waals surface area contributed by atoms with E-state index in [1.165, 1.54) is 0 Å². The number of halogens is 1. The van der Waals surface area contributed by atoms with Crippen molar-refractivity contribution in [1.82, 2.24) is 9.97 Å². The Morgan fingerprint density at radius 2 is 1.54 bits per heavy atom. The van der Waals surface area contributed by atoms with Crippen LogP contribution in [0.2, 0.25) is 0 Å². The van der Waals surface area contributed by atoms with Crippen molar-refractivity contribution >= 4 is 0 Å². The fraction of sp³-hybridized carbons (Fsp3) is 0. The molecule has 2 rings (SSSR count). The van der Waals surface area contributed by atoms with Gasteiger partial charge in [0, 0.05) is 5.56 Å². The van der Waals surface area contributed by atoms with Crippen LogP contribution in [-0.4, -0.2) is 9.97 Å². The molecular formula is C10H7FN2. The highest BCUT2D eigenvalue weighted by Crippen LogP contribution is 2.12. The fourth-order valence-corrected chi connectivity index (χ4v) is 1.05. The van der Waals surface area contributed by atoms with E-state index < -0.39 is 5.82 Å². The third-order valence-electron chi connectivity index (χ3n) is 1.65. The summed E-state index contributed by atoms with van der Waals surface area (Å²) in [5.41, 5.74) is 0.891. The maximum atomic E-state index is 12.5. The molecule has 2 nitrogen and oxygen atoms in total. The first-order valence-corrected chi connectivity index (χ1v) is 3.89. The second-order valence-electron chi connectivity index (χ2n) is 2.59. The lowest BCUT2D eigenvalue weighted by Gasteiger charge is -1.97. The van der Waals surface area contributed by atoms with Crippen molar-refractivity contribution in [3.63, 3.8) is 0 Å². The summed E-state index contributed by atoms with van der Waals surface area (Å²) in [5.74, 6) is 0.127. The van der Waals surface area contributed by atoms with Gasteiger partial charge in [-0.05, 0) is 0 Å². The Balaban J connectivity index is 2.42. The number of benzene rings is 1. The van der Waals surface area contributed by atoms with Gasteiger partial charge in [-0.25, -0.2) is 14.4 Å². The Morgan fingerprint density at radius 3 is 2.15 bits per heavy atom. The average Bonchev–Trinajstić information content (AvgIpc) is 2.20. The molecule has 1 aromatic heterocycles. The Labute approximate surface area is 75.1 Å². The zero-order valence-electron chi connectivity index (χ0n) is 6.81. The molecule has 0 unspecified atom stereocenters. The quantitative estimate of drug-likeness (QED) is 0.662. The van der Waals surface area contributed by atoms with Crippen LogP contribution in [0.3, 0.4) is 0 Å². The summed E-state index contributed by atoms with van der Waals surface area (Å²) in [5, 5.41) is 0. The predicted molar refractivity (Wildman–Crippen MR) is 47.4 cm³/mol. The second-order valence-corrected chi connectivity index (χ2v) is 2.59. The minimum Gasteiger partial charge on any atom is -0.233 e. The zero-order chi connectivity index (χ0) is 9.10. The Bertz CT molecular complexity index is 383. The van der Waals surface area contributed by atoms with Gasteiger partial charge in [-0.1, -0.05) is 30.3 Å². The topological polar surface area (TPSA) is 25.8 Å².